The number of carbonyl (C=O) groups is 1. The molecule has 0 saturated carbocycles. The van der Waals surface area contributed by atoms with Gasteiger partial charge in [-0.05, 0) is 36.8 Å². The Morgan fingerprint density at radius 3 is 2.44 bits per heavy atom. The predicted molar refractivity (Wildman–Crippen MR) is 81.9 cm³/mol. The second-order valence-corrected chi connectivity index (χ2v) is 5.08. The van der Waals surface area contributed by atoms with E-state index < -0.39 is 35.9 Å². The van der Waals surface area contributed by atoms with Gasteiger partial charge in [0.1, 0.15) is 0 Å². The molecule has 0 aromatic heterocycles. The van der Waals surface area contributed by atoms with Crippen LogP contribution in [0.5, 0.6) is 11.5 Å². The van der Waals surface area contributed by atoms with Gasteiger partial charge in [0.05, 0.1) is 18.7 Å². The van der Waals surface area contributed by atoms with Crippen molar-refractivity contribution in [2.75, 3.05) is 7.11 Å². The van der Waals surface area contributed by atoms with Gasteiger partial charge in [-0.25, -0.2) is 8.78 Å². The van der Waals surface area contributed by atoms with Crippen LogP contribution in [0.1, 0.15) is 28.9 Å². The van der Waals surface area contributed by atoms with E-state index >= 15 is 0 Å². The van der Waals surface area contributed by atoms with Crippen molar-refractivity contribution < 1.29 is 31.8 Å². The molecule has 0 saturated heterocycles. The lowest BCUT2D eigenvalue weighted by Crippen LogP contribution is -2.27. The van der Waals surface area contributed by atoms with Crippen molar-refractivity contribution in [2.45, 2.75) is 19.6 Å². The molecular weight excluding hydrogens is 342 g/mol. The molecular formula is C17H15F4NO3. The molecule has 0 spiro atoms. The minimum Gasteiger partial charge on any atom is -0.493 e. The zero-order valence-electron chi connectivity index (χ0n) is 13.4. The van der Waals surface area contributed by atoms with E-state index in [1.165, 1.54) is 31.4 Å². The van der Waals surface area contributed by atoms with Crippen molar-refractivity contribution >= 4 is 5.91 Å². The Bertz CT molecular complexity index is 768. The molecule has 1 atom stereocenters. The average molecular weight is 357 g/mol. The monoisotopic (exact) mass is 357 g/mol. The maximum atomic E-state index is 13.3. The summed E-state index contributed by atoms with van der Waals surface area (Å²) < 4.78 is 60.8. The van der Waals surface area contributed by atoms with E-state index in [0.717, 1.165) is 12.1 Å². The van der Waals surface area contributed by atoms with Crippen molar-refractivity contribution in [3.8, 4) is 11.5 Å². The zero-order valence-corrected chi connectivity index (χ0v) is 13.4. The minimum absolute atomic E-state index is 0.0339. The van der Waals surface area contributed by atoms with Gasteiger partial charge in [-0.1, -0.05) is 12.1 Å². The molecule has 4 nitrogen and oxygen atoms in total. The zero-order chi connectivity index (χ0) is 18.6. The summed E-state index contributed by atoms with van der Waals surface area (Å²) in [4.78, 5) is 12.4. The molecule has 0 radical (unpaired) electrons. The standard InChI is InChI=1S/C17H15F4NO3/c1-9(10-6-7-12(18)13(19)8-10)22-16(23)11-4-3-5-14(24-2)15(11)25-17(20)21/h3-9,17H,1-2H3,(H,22,23). The summed E-state index contributed by atoms with van der Waals surface area (Å²) in [5, 5.41) is 2.52. The second kappa shape index (κ2) is 7.87. The van der Waals surface area contributed by atoms with E-state index in [-0.39, 0.29) is 11.3 Å². The molecule has 25 heavy (non-hydrogen) atoms. The molecule has 1 unspecified atom stereocenters. The fraction of sp³-hybridized carbons (Fsp3) is 0.235. The predicted octanol–water partition coefficient (Wildman–Crippen LogP) is 4.07. The Morgan fingerprint density at radius 1 is 1.12 bits per heavy atom. The van der Waals surface area contributed by atoms with Crippen LogP contribution in [-0.2, 0) is 0 Å². The van der Waals surface area contributed by atoms with Crippen LogP contribution in [-0.4, -0.2) is 19.6 Å². The normalized spacial score (nSPS) is 12.0. The van der Waals surface area contributed by atoms with E-state index in [9.17, 15) is 22.4 Å². The lowest BCUT2D eigenvalue weighted by atomic mass is 10.1. The van der Waals surface area contributed by atoms with Gasteiger partial charge in [-0.15, -0.1) is 0 Å². The number of amides is 1. The van der Waals surface area contributed by atoms with Gasteiger partial charge in [0.25, 0.3) is 5.91 Å². The molecule has 2 rings (SSSR count). The molecule has 2 aromatic rings. The quantitative estimate of drug-likeness (QED) is 0.793. The first-order chi connectivity index (χ1) is 11.8. The molecule has 0 aliphatic carbocycles. The van der Waals surface area contributed by atoms with Crippen molar-refractivity contribution in [2.24, 2.45) is 0 Å². The Morgan fingerprint density at radius 2 is 1.84 bits per heavy atom. The molecule has 2 aromatic carbocycles. The Kier molecular flexibility index (Phi) is 5.84. The third kappa shape index (κ3) is 4.40. The van der Waals surface area contributed by atoms with Gasteiger partial charge < -0.3 is 14.8 Å². The number of halogens is 4. The molecule has 8 heteroatoms. The van der Waals surface area contributed by atoms with E-state index in [2.05, 4.69) is 10.1 Å². The molecule has 0 aliphatic heterocycles. The van der Waals surface area contributed by atoms with E-state index in [0.29, 0.717) is 5.56 Å². The minimum atomic E-state index is -3.15. The lowest BCUT2D eigenvalue weighted by molar-refractivity contribution is -0.0515. The fourth-order valence-corrected chi connectivity index (χ4v) is 2.21. The first kappa shape index (κ1) is 18.6. The summed E-state index contributed by atoms with van der Waals surface area (Å²) in [5.74, 6) is -3.24. The highest BCUT2D eigenvalue weighted by Crippen LogP contribution is 2.32. The SMILES string of the molecule is COc1cccc(C(=O)NC(C)c2ccc(F)c(F)c2)c1OC(F)F. The number of nitrogens with one attached hydrogen (secondary N) is 1. The molecule has 134 valence electrons. The summed E-state index contributed by atoms with van der Waals surface area (Å²) in [6, 6.07) is 6.58. The van der Waals surface area contributed by atoms with Crippen molar-refractivity contribution in [3.05, 3.63) is 59.2 Å². The summed E-state index contributed by atoms with van der Waals surface area (Å²) in [6.45, 7) is -1.61. The molecule has 1 N–H and O–H groups in total. The summed E-state index contributed by atoms with van der Waals surface area (Å²) >= 11 is 0. The highest BCUT2D eigenvalue weighted by molar-refractivity contribution is 5.98. The van der Waals surface area contributed by atoms with Crippen LogP contribution in [0.15, 0.2) is 36.4 Å². The Labute approximate surface area is 141 Å². The maximum absolute atomic E-state index is 13.3. The van der Waals surface area contributed by atoms with Crippen molar-refractivity contribution in [1.29, 1.82) is 0 Å². The van der Waals surface area contributed by atoms with Crippen LogP contribution >= 0.6 is 0 Å². The first-order valence-corrected chi connectivity index (χ1v) is 7.21. The largest absolute Gasteiger partial charge is 0.493 e. The van der Waals surface area contributed by atoms with E-state index in [4.69, 9.17) is 4.74 Å². The number of carbonyl (C=O) groups excluding carboxylic acids is 1. The Balaban J connectivity index is 2.26. The third-order valence-corrected chi connectivity index (χ3v) is 3.44. The van der Waals surface area contributed by atoms with Crippen LogP contribution in [0.3, 0.4) is 0 Å². The van der Waals surface area contributed by atoms with Gasteiger partial charge in [-0.3, -0.25) is 4.79 Å². The maximum Gasteiger partial charge on any atom is 0.387 e. The number of para-hydroxylation sites is 1. The number of alkyl halides is 2. The number of hydrogen-bond acceptors (Lipinski definition) is 3. The summed E-state index contributed by atoms with van der Waals surface area (Å²) in [6.07, 6.45) is 0. The van der Waals surface area contributed by atoms with Crippen molar-refractivity contribution in [1.82, 2.24) is 5.32 Å². The van der Waals surface area contributed by atoms with E-state index in [1.54, 1.807) is 6.92 Å². The number of ether oxygens (including phenoxy) is 2. The average Bonchev–Trinajstić information content (AvgIpc) is 2.56. The van der Waals surface area contributed by atoms with Crippen LogP contribution in [0, 0.1) is 11.6 Å². The van der Waals surface area contributed by atoms with Crippen LogP contribution in [0.25, 0.3) is 0 Å². The van der Waals surface area contributed by atoms with Crippen LogP contribution in [0.2, 0.25) is 0 Å². The van der Waals surface area contributed by atoms with Crippen LogP contribution < -0.4 is 14.8 Å². The number of hydrogen-bond donors (Lipinski definition) is 1. The summed E-state index contributed by atoms with van der Waals surface area (Å²) in [7, 11) is 1.25. The van der Waals surface area contributed by atoms with Gasteiger partial charge in [0.2, 0.25) is 0 Å². The number of benzene rings is 2. The van der Waals surface area contributed by atoms with Gasteiger partial charge in [-0.2, -0.15) is 8.78 Å². The molecule has 1 amide bonds. The summed E-state index contributed by atoms with van der Waals surface area (Å²) in [5.41, 5.74) is 0.139. The molecule has 0 heterocycles. The fourth-order valence-electron chi connectivity index (χ4n) is 2.21. The van der Waals surface area contributed by atoms with Crippen molar-refractivity contribution in [3.63, 3.8) is 0 Å². The lowest BCUT2D eigenvalue weighted by Gasteiger charge is -2.17. The van der Waals surface area contributed by atoms with Gasteiger partial charge in [0.15, 0.2) is 23.1 Å². The highest BCUT2D eigenvalue weighted by atomic mass is 19.3. The topological polar surface area (TPSA) is 47.6 Å². The van der Waals surface area contributed by atoms with Gasteiger partial charge in [0, 0.05) is 0 Å². The highest BCUT2D eigenvalue weighted by Gasteiger charge is 2.22. The van der Waals surface area contributed by atoms with E-state index in [1.807, 2.05) is 0 Å². The molecule has 0 fully saturated rings. The smallest absolute Gasteiger partial charge is 0.387 e. The molecule has 0 aliphatic rings. The number of rotatable bonds is 6. The third-order valence-electron chi connectivity index (χ3n) is 3.44. The molecule has 0 bridgehead atoms. The van der Waals surface area contributed by atoms with Gasteiger partial charge >= 0.3 is 6.61 Å². The first-order valence-electron chi connectivity index (χ1n) is 7.21. The Hall–Kier alpha value is -2.77. The second-order valence-electron chi connectivity index (χ2n) is 5.08. The number of methoxy groups -OCH3 is 1. The van der Waals surface area contributed by atoms with Crippen LogP contribution in [0.4, 0.5) is 17.6 Å².